The smallest absolute Gasteiger partial charge is 0.253 e. The predicted octanol–water partition coefficient (Wildman–Crippen LogP) is 3.70. The molecule has 7 heteroatoms. The van der Waals surface area contributed by atoms with Crippen LogP contribution in [-0.2, 0) is 6.54 Å². The van der Waals surface area contributed by atoms with Gasteiger partial charge in [-0.15, -0.1) is 0 Å². The molecule has 3 rings (SSSR count). The van der Waals surface area contributed by atoms with Crippen molar-refractivity contribution in [1.29, 1.82) is 0 Å². The first-order valence-electron chi connectivity index (χ1n) is 7.93. The minimum atomic E-state index is -0.255. The van der Waals surface area contributed by atoms with Crippen LogP contribution in [0.4, 0.5) is 5.95 Å². The maximum absolute atomic E-state index is 12.2. The summed E-state index contributed by atoms with van der Waals surface area (Å²) >= 11 is 11.9. The summed E-state index contributed by atoms with van der Waals surface area (Å²) in [7, 11) is 0. The number of nitrogens with zero attached hydrogens (tertiary/aromatic N) is 3. The van der Waals surface area contributed by atoms with Gasteiger partial charge in [-0.05, 0) is 43.5 Å². The molecule has 0 spiro atoms. The van der Waals surface area contributed by atoms with E-state index in [-0.39, 0.29) is 5.91 Å². The van der Waals surface area contributed by atoms with Gasteiger partial charge in [0.05, 0.1) is 22.8 Å². The summed E-state index contributed by atoms with van der Waals surface area (Å²) in [5.74, 6) is 0.473. The van der Waals surface area contributed by atoms with Crippen molar-refractivity contribution in [3.05, 3.63) is 51.8 Å². The number of carbonyl (C=O) groups excluding carboxylic acids is 1. The Morgan fingerprint density at radius 3 is 2.71 bits per heavy atom. The quantitative estimate of drug-likeness (QED) is 0.898. The normalized spacial score (nSPS) is 14.5. The number of halogens is 2. The van der Waals surface area contributed by atoms with Crippen LogP contribution in [0.15, 0.2) is 30.5 Å². The molecule has 126 valence electrons. The Labute approximate surface area is 151 Å². The standard InChI is InChI=1S/C17H18Cl2N4O/c18-12-4-5-14(15(19)10-12)16(24)21-11-13-6-7-20-17(22-13)23-8-2-1-3-9-23/h4-7,10H,1-3,8-9,11H2,(H,21,24). The van der Waals surface area contributed by atoms with Crippen LogP contribution in [0.5, 0.6) is 0 Å². The zero-order valence-corrected chi connectivity index (χ0v) is 14.6. The number of carbonyl (C=O) groups is 1. The number of amides is 1. The zero-order valence-electron chi connectivity index (χ0n) is 13.1. The predicted molar refractivity (Wildman–Crippen MR) is 95.7 cm³/mol. The zero-order chi connectivity index (χ0) is 16.9. The van der Waals surface area contributed by atoms with Gasteiger partial charge in [0.15, 0.2) is 0 Å². The first-order chi connectivity index (χ1) is 11.6. The summed E-state index contributed by atoms with van der Waals surface area (Å²) in [6.07, 6.45) is 5.32. The van der Waals surface area contributed by atoms with Crippen molar-refractivity contribution in [2.45, 2.75) is 25.8 Å². The van der Waals surface area contributed by atoms with Crippen LogP contribution in [-0.4, -0.2) is 29.0 Å². The second-order valence-electron chi connectivity index (χ2n) is 5.70. The topological polar surface area (TPSA) is 58.1 Å². The molecule has 1 N–H and O–H groups in total. The van der Waals surface area contributed by atoms with E-state index in [2.05, 4.69) is 20.2 Å². The van der Waals surface area contributed by atoms with Gasteiger partial charge in [0.1, 0.15) is 0 Å². The summed E-state index contributed by atoms with van der Waals surface area (Å²) in [5.41, 5.74) is 1.16. The van der Waals surface area contributed by atoms with Crippen molar-refractivity contribution < 1.29 is 4.79 Å². The van der Waals surface area contributed by atoms with Gasteiger partial charge in [-0.3, -0.25) is 4.79 Å². The molecule has 24 heavy (non-hydrogen) atoms. The lowest BCUT2D eigenvalue weighted by Crippen LogP contribution is -2.31. The van der Waals surface area contributed by atoms with Crippen LogP contribution >= 0.6 is 23.2 Å². The summed E-state index contributed by atoms with van der Waals surface area (Å²) in [6, 6.07) is 6.61. The van der Waals surface area contributed by atoms with Crippen LogP contribution in [0, 0.1) is 0 Å². The monoisotopic (exact) mass is 364 g/mol. The summed E-state index contributed by atoms with van der Waals surface area (Å²) < 4.78 is 0. The molecule has 1 aromatic heterocycles. The van der Waals surface area contributed by atoms with Crippen molar-refractivity contribution in [1.82, 2.24) is 15.3 Å². The number of anilines is 1. The number of rotatable bonds is 4. The molecule has 1 amide bonds. The average molecular weight is 365 g/mol. The van der Waals surface area contributed by atoms with Crippen molar-refractivity contribution in [3.8, 4) is 0 Å². The van der Waals surface area contributed by atoms with E-state index in [1.54, 1.807) is 30.5 Å². The third-order valence-corrected chi connectivity index (χ3v) is 4.49. The van der Waals surface area contributed by atoms with Crippen molar-refractivity contribution in [3.63, 3.8) is 0 Å². The lowest BCUT2D eigenvalue weighted by Gasteiger charge is -2.26. The molecule has 1 fully saturated rings. The van der Waals surface area contributed by atoms with Gasteiger partial charge in [-0.25, -0.2) is 9.97 Å². The largest absolute Gasteiger partial charge is 0.346 e. The highest BCUT2D eigenvalue weighted by Crippen LogP contribution is 2.21. The Morgan fingerprint density at radius 2 is 1.96 bits per heavy atom. The Kier molecular flexibility index (Phi) is 5.53. The van der Waals surface area contributed by atoms with Crippen LogP contribution in [0.1, 0.15) is 35.3 Å². The van der Waals surface area contributed by atoms with E-state index in [1.807, 2.05) is 0 Å². The van der Waals surface area contributed by atoms with Gasteiger partial charge in [-0.1, -0.05) is 23.2 Å². The molecule has 0 bridgehead atoms. The first kappa shape index (κ1) is 17.0. The molecule has 0 radical (unpaired) electrons. The second kappa shape index (κ2) is 7.81. The molecule has 0 unspecified atom stereocenters. The van der Waals surface area contributed by atoms with E-state index >= 15 is 0 Å². The maximum Gasteiger partial charge on any atom is 0.253 e. The minimum Gasteiger partial charge on any atom is -0.346 e. The molecular formula is C17H18Cl2N4O. The molecule has 0 aliphatic carbocycles. The fraction of sp³-hybridized carbons (Fsp3) is 0.353. The van der Waals surface area contributed by atoms with E-state index in [9.17, 15) is 4.79 Å². The minimum absolute atomic E-state index is 0.255. The van der Waals surface area contributed by atoms with Gasteiger partial charge in [0, 0.05) is 24.3 Å². The summed E-state index contributed by atoms with van der Waals surface area (Å²) in [6.45, 7) is 2.29. The molecule has 0 saturated carbocycles. The Morgan fingerprint density at radius 1 is 1.17 bits per heavy atom. The summed E-state index contributed by atoms with van der Waals surface area (Å²) in [5, 5.41) is 3.66. The van der Waals surface area contributed by atoms with Crippen LogP contribution < -0.4 is 10.2 Å². The van der Waals surface area contributed by atoms with E-state index in [1.165, 1.54) is 19.3 Å². The third-order valence-electron chi connectivity index (χ3n) is 3.95. The van der Waals surface area contributed by atoms with Gasteiger partial charge < -0.3 is 10.2 Å². The van der Waals surface area contributed by atoms with Crippen LogP contribution in [0.25, 0.3) is 0 Å². The van der Waals surface area contributed by atoms with Gasteiger partial charge in [0.2, 0.25) is 5.95 Å². The van der Waals surface area contributed by atoms with Crippen molar-refractivity contribution in [2.75, 3.05) is 18.0 Å². The highest BCUT2D eigenvalue weighted by molar-refractivity contribution is 6.36. The summed E-state index contributed by atoms with van der Waals surface area (Å²) in [4.78, 5) is 23.3. The van der Waals surface area contributed by atoms with E-state index in [0.717, 1.165) is 24.7 Å². The second-order valence-corrected chi connectivity index (χ2v) is 6.55. The number of hydrogen-bond donors (Lipinski definition) is 1. The SMILES string of the molecule is O=C(NCc1ccnc(N2CCCCC2)n1)c1ccc(Cl)cc1Cl. The molecule has 1 aliphatic rings. The van der Waals surface area contributed by atoms with Gasteiger partial charge in [-0.2, -0.15) is 0 Å². The van der Waals surface area contributed by atoms with Crippen LogP contribution in [0.2, 0.25) is 10.0 Å². The van der Waals surface area contributed by atoms with E-state index in [0.29, 0.717) is 22.2 Å². The Bertz CT molecular complexity index is 732. The number of piperidine rings is 1. The molecule has 1 aliphatic heterocycles. The maximum atomic E-state index is 12.2. The van der Waals surface area contributed by atoms with Crippen molar-refractivity contribution >= 4 is 35.1 Å². The molecule has 5 nitrogen and oxygen atoms in total. The first-order valence-corrected chi connectivity index (χ1v) is 8.69. The number of nitrogens with one attached hydrogen (secondary N) is 1. The lowest BCUT2D eigenvalue weighted by atomic mass is 10.1. The van der Waals surface area contributed by atoms with E-state index in [4.69, 9.17) is 23.2 Å². The highest BCUT2D eigenvalue weighted by atomic mass is 35.5. The Balaban J connectivity index is 1.64. The molecule has 1 saturated heterocycles. The lowest BCUT2D eigenvalue weighted by molar-refractivity contribution is 0.0950. The molecule has 0 atom stereocenters. The molecule has 2 heterocycles. The average Bonchev–Trinajstić information content (AvgIpc) is 2.61. The van der Waals surface area contributed by atoms with Crippen LogP contribution in [0.3, 0.4) is 0 Å². The van der Waals surface area contributed by atoms with Gasteiger partial charge >= 0.3 is 0 Å². The molecular weight excluding hydrogens is 347 g/mol. The number of hydrogen-bond acceptors (Lipinski definition) is 4. The number of aromatic nitrogens is 2. The molecule has 1 aromatic carbocycles. The fourth-order valence-electron chi connectivity index (χ4n) is 2.67. The molecule has 2 aromatic rings. The Hall–Kier alpha value is -1.85. The van der Waals surface area contributed by atoms with Gasteiger partial charge in [0.25, 0.3) is 5.91 Å². The highest BCUT2D eigenvalue weighted by Gasteiger charge is 2.14. The van der Waals surface area contributed by atoms with Crippen molar-refractivity contribution in [2.24, 2.45) is 0 Å². The fourth-order valence-corrected chi connectivity index (χ4v) is 3.16. The van der Waals surface area contributed by atoms with E-state index < -0.39 is 0 Å². The third kappa shape index (κ3) is 4.16. The number of benzene rings is 1.